The fourth-order valence-electron chi connectivity index (χ4n) is 1.34. The molecule has 1 rings (SSSR count). The van der Waals surface area contributed by atoms with Crippen molar-refractivity contribution in [3.8, 4) is 5.75 Å². The average molecular weight is 242 g/mol. The van der Waals surface area contributed by atoms with Crippen LogP contribution in [0.3, 0.4) is 0 Å². The van der Waals surface area contributed by atoms with Gasteiger partial charge in [0.15, 0.2) is 6.10 Å². The molecule has 2 unspecified atom stereocenters. The molecule has 1 N–H and O–H groups in total. The minimum absolute atomic E-state index is 0.183. The van der Waals surface area contributed by atoms with Gasteiger partial charge in [-0.05, 0) is 26.0 Å². The van der Waals surface area contributed by atoms with Gasteiger partial charge in [-0.2, -0.15) is 0 Å². The zero-order chi connectivity index (χ0) is 13.0. The van der Waals surface area contributed by atoms with E-state index in [9.17, 15) is 14.3 Å². The van der Waals surface area contributed by atoms with Gasteiger partial charge >= 0.3 is 5.97 Å². The van der Waals surface area contributed by atoms with Crippen LogP contribution in [0.25, 0.3) is 0 Å². The first-order chi connectivity index (χ1) is 7.95. The number of halogens is 1. The van der Waals surface area contributed by atoms with Crippen molar-refractivity contribution in [1.82, 2.24) is 0 Å². The molecule has 5 heteroatoms. The van der Waals surface area contributed by atoms with E-state index in [-0.39, 0.29) is 11.3 Å². The standard InChI is InChI=1S/C12H15FO4/c1-7(14)10-5-4-9(6-11(10)13)17-8(2)12(15)16-3/h4-8,14H,1-3H3. The molecular formula is C12H15FO4. The highest BCUT2D eigenvalue weighted by Gasteiger charge is 2.16. The third-order valence-corrected chi connectivity index (χ3v) is 2.27. The quantitative estimate of drug-likeness (QED) is 0.818. The molecule has 4 nitrogen and oxygen atoms in total. The molecule has 0 spiro atoms. The van der Waals surface area contributed by atoms with Gasteiger partial charge in [-0.3, -0.25) is 0 Å². The van der Waals surface area contributed by atoms with Gasteiger partial charge in [0.2, 0.25) is 0 Å². The van der Waals surface area contributed by atoms with Crippen molar-refractivity contribution in [1.29, 1.82) is 0 Å². The Balaban J connectivity index is 2.81. The number of hydrogen-bond donors (Lipinski definition) is 1. The van der Waals surface area contributed by atoms with Crippen LogP contribution in [-0.4, -0.2) is 24.3 Å². The van der Waals surface area contributed by atoms with Gasteiger partial charge in [-0.25, -0.2) is 9.18 Å². The highest BCUT2D eigenvalue weighted by atomic mass is 19.1. The largest absolute Gasteiger partial charge is 0.479 e. The van der Waals surface area contributed by atoms with Gasteiger partial charge in [0.1, 0.15) is 11.6 Å². The van der Waals surface area contributed by atoms with Crippen LogP contribution in [0.5, 0.6) is 5.75 Å². The Morgan fingerprint density at radius 1 is 1.41 bits per heavy atom. The van der Waals surface area contributed by atoms with Crippen LogP contribution in [0.1, 0.15) is 25.5 Å². The highest BCUT2D eigenvalue weighted by molar-refractivity contribution is 5.74. The van der Waals surface area contributed by atoms with E-state index in [1.54, 1.807) is 0 Å². The Hall–Kier alpha value is -1.62. The van der Waals surface area contributed by atoms with Gasteiger partial charge in [-0.1, -0.05) is 0 Å². The minimum Gasteiger partial charge on any atom is -0.479 e. The predicted molar refractivity (Wildman–Crippen MR) is 59.1 cm³/mol. The molecule has 0 heterocycles. The van der Waals surface area contributed by atoms with Crippen LogP contribution in [-0.2, 0) is 9.53 Å². The lowest BCUT2D eigenvalue weighted by Crippen LogP contribution is -2.24. The van der Waals surface area contributed by atoms with E-state index in [0.717, 1.165) is 6.07 Å². The molecule has 0 aliphatic rings. The lowest BCUT2D eigenvalue weighted by atomic mass is 10.1. The van der Waals surface area contributed by atoms with Crippen molar-refractivity contribution >= 4 is 5.97 Å². The Kier molecular flexibility index (Phi) is 4.45. The summed E-state index contributed by atoms with van der Waals surface area (Å²) in [5, 5.41) is 9.25. The number of carbonyl (C=O) groups excluding carboxylic acids is 1. The van der Waals surface area contributed by atoms with Crippen molar-refractivity contribution in [3.63, 3.8) is 0 Å². The zero-order valence-electron chi connectivity index (χ0n) is 9.94. The maximum Gasteiger partial charge on any atom is 0.346 e. The van der Waals surface area contributed by atoms with Crippen LogP contribution < -0.4 is 4.74 Å². The van der Waals surface area contributed by atoms with Gasteiger partial charge in [0, 0.05) is 11.6 Å². The molecule has 0 aliphatic carbocycles. The molecule has 0 aliphatic heterocycles. The van der Waals surface area contributed by atoms with Crippen LogP contribution in [0.2, 0.25) is 0 Å². The molecule has 0 saturated carbocycles. The summed E-state index contributed by atoms with van der Waals surface area (Å²) in [6.45, 7) is 2.97. The van der Waals surface area contributed by atoms with E-state index >= 15 is 0 Å². The molecule has 1 aromatic carbocycles. The zero-order valence-corrected chi connectivity index (χ0v) is 9.94. The summed E-state index contributed by atoms with van der Waals surface area (Å²) in [5.41, 5.74) is 0.183. The first kappa shape index (κ1) is 13.4. The lowest BCUT2D eigenvalue weighted by molar-refractivity contribution is -0.147. The predicted octanol–water partition coefficient (Wildman–Crippen LogP) is 1.82. The lowest BCUT2D eigenvalue weighted by Gasteiger charge is -2.13. The van der Waals surface area contributed by atoms with E-state index in [4.69, 9.17) is 4.74 Å². The highest BCUT2D eigenvalue weighted by Crippen LogP contribution is 2.22. The molecule has 0 radical (unpaired) electrons. The maximum absolute atomic E-state index is 13.5. The monoisotopic (exact) mass is 242 g/mol. The van der Waals surface area contributed by atoms with Gasteiger partial charge < -0.3 is 14.6 Å². The number of ether oxygens (including phenoxy) is 2. The molecular weight excluding hydrogens is 227 g/mol. The summed E-state index contributed by atoms with van der Waals surface area (Å²) in [4.78, 5) is 11.1. The fourth-order valence-corrected chi connectivity index (χ4v) is 1.34. The third-order valence-electron chi connectivity index (χ3n) is 2.27. The van der Waals surface area contributed by atoms with Gasteiger partial charge in [-0.15, -0.1) is 0 Å². The van der Waals surface area contributed by atoms with Crippen molar-refractivity contribution in [3.05, 3.63) is 29.6 Å². The number of aliphatic hydroxyl groups excluding tert-OH is 1. The fraction of sp³-hybridized carbons (Fsp3) is 0.417. The molecule has 17 heavy (non-hydrogen) atoms. The van der Waals surface area contributed by atoms with Crippen LogP contribution in [0.4, 0.5) is 4.39 Å². The normalized spacial score (nSPS) is 13.9. The first-order valence-electron chi connectivity index (χ1n) is 5.17. The Morgan fingerprint density at radius 3 is 2.53 bits per heavy atom. The summed E-state index contributed by atoms with van der Waals surface area (Å²) < 4.78 is 23.1. The number of esters is 1. The Bertz CT molecular complexity index is 403. The molecule has 0 aromatic heterocycles. The molecule has 0 amide bonds. The average Bonchev–Trinajstić information content (AvgIpc) is 2.27. The number of aliphatic hydroxyl groups is 1. The van der Waals surface area contributed by atoms with Gasteiger partial charge in [0.05, 0.1) is 13.2 Å². The summed E-state index contributed by atoms with van der Waals surface area (Å²) >= 11 is 0. The SMILES string of the molecule is COC(=O)C(C)Oc1ccc(C(C)O)c(F)c1. The van der Waals surface area contributed by atoms with Crippen molar-refractivity contribution in [2.75, 3.05) is 7.11 Å². The number of methoxy groups -OCH3 is 1. The van der Waals surface area contributed by atoms with E-state index in [1.165, 1.54) is 33.1 Å². The van der Waals surface area contributed by atoms with Crippen LogP contribution >= 0.6 is 0 Å². The Morgan fingerprint density at radius 2 is 2.06 bits per heavy atom. The van der Waals surface area contributed by atoms with Crippen molar-refractivity contribution in [2.24, 2.45) is 0 Å². The smallest absolute Gasteiger partial charge is 0.346 e. The second-order valence-electron chi connectivity index (χ2n) is 3.64. The molecule has 94 valence electrons. The summed E-state index contributed by atoms with van der Waals surface area (Å²) in [6, 6.07) is 4.03. The van der Waals surface area contributed by atoms with Crippen LogP contribution in [0, 0.1) is 5.82 Å². The topological polar surface area (TPSA) is 55.8 Å². The number of rotatable bonds is 4. The molecule has 0 saturated heterocycles. The van der Waals surface area contributed by atoms with E-state index in [1.807, 2.05) is 0 Å². The van der Waals surface area contributed by atoms with E-state index in [2.05, 4.69) is 4.74 Å². The maximum atomic E-state index is 13.5. The molecule has 1 aromatic rings. The van der Waals surface area contributed by atoms with Crippen LogP contribution in [0.15, 0.2) is 18.2 Å². The second kappa shape index (κ2) is 5.63. The number of benzene rings is 1. The summed E-state index contributed by atoms with van der Waals surface area (Å²) in [5.74, 6) is -0.899. The third kappa shape index (κ3) is 3.42. The second-order valence-corrected chi connectivity index (χ2v) is 3.64. The number of carbonyl (C=O) groups is 1. The Labute approximate surface area is 99.0 Å². The van der Waals surface area contributed by atoms with Crippen molar-refractivity contribution in [2.45, 2.75) is 26.1 Å². The molecule has 2 atom stereocenters. The van der Waals surface area contributed by atoms with E-state index < -0.39 is 24.0 Å². The first-order valence-corrected chi connectivity index (χ1v) is 5.17. The summed E-state index contributed by atoms with van der Waals surface area (Å²) in [7, 11) is 1.25. The number of hydrogen-bond acceptors (Lipinski definition) is 4. The minimum atomic E-state index is -0.887. The molecule has 0 fully saturated rings. The van der Waals surface area contributed by atoms with Crippen molar-refractivity contribution < 1.29 is 23.8 Å². The van der Waals surface area contributed by atoms with Gasteiger partial charge in [0.25, 0.3) is 0 Å². The molecule has 0 bridgehead atoms. The summed E-state index contributed by atoms with van der Waals surface area (Å²) in [6.07, 6.45) is -1.70. The van der Waals surface area contributed by atoms with E-state index in [0.29, 0.717) is 0 Å².